The van der Waals surface area contributed by atoms with E-state index in [0.717, 1.165) is 18.9 Å². The van der Waals surface area contributed by atoms with Gasteiger partial charge in [0.1, 0.15) is 5.91 Å². The van der Waals surface area contributed by atoms with E-state index in [1.807, 2.05) is 0 Å². The first-order chi connectivity index (χ1) is 7.61. The van der Waals surface area contributed by atoms with Crippen LogP contribution in [0.1, 0.15) is 19.8 Å². The maximum atomic E-state index is 11.0. The van der Waals surface area contributed by atoms with Crippen LogP contribution < -0.4 is 0 Å². The van der Waals surface area contributed by atoms with Gasteiger partial charge in [-0.15, -0.1) is 0 Å². The maximum Gasteiger partial charge on any atom is 0.333 e. The molecule has 0 aromatic heterocycles. The Labute approximate surface area is 99.8 Å². The molecule has 0 fully saturated rings. The highest BCUT2D eigenvalue weighted by molar-refractivity contribution is 6.36. The maximum absolute atomic E-state index is 11.0. The minimum Gasteiger partial charge on any atom is -0.462 e. The standard InChI is InChI=1S/C11H22O4Si/c1-9(2)10(12)15-7-5-6-8-16-11(13-3)14-4/h11H,1,5-8,16H2,2-4H3. The molecule has 0 aromatic rings. The van der Waals surface area contributed by atoms with Crippen LogP contribution in [0.5, 0.6) is 0 Å². The third-order valence-corrected chi connectivity index (χ3v) is 4.24. The van der Waals surface area contributed by atoms with E-state index in [-0.39, 0.29) is 21.4 Å². The number of carbonyl (C=O) groups excluding carboxylic acids is 1. The Bertz CT molecular complexity index is 214. The molecule has 0 spiro atoms. The Morgan fingerprint density at radius 1 is 1.31 bits per heavy atom. The van der Waals surface area contributed by atoms with Crippen molar-refractivity contribution in [2.24, 2.45) is 0 Å². The summed E-state index contributed by atoms with van der Waals surface area (Å²) >= 11 is 0. The van der Waals surface area contributed by atoms with Gasteiger partial charge in [0.15, 0.2) is 0 Å². The van der Waals surface area contributed by atoms with Crippen molar-refractivity contribution in [3.8, 4) is 0 Å². The summed E-state index contributed by atoms with van der Waals surface area (Å²) in [6.07, 6.45) is 1.95. The summed E-state index contributed by atoms with van der Waals surface area (Å²) in [6.45, 7) is 5.64. The minimum atomic E-state index is -0.340. The highest BCUT2D eigenvalue weighted by Gasteiger charge is 2.05. The first kappa shape index (κ1) is 15.3. The van der Waals surface area contributed by atoms with Crippen LogP contribution in [0.2, 0.25) is 6.04 Å². The van der Waals surface area contributed by atoms with Gasteiger partial charge in [-0.3, -0.25) is 0 Å². The van der Waals surface area contributed by atoms with E-state index in [4.69, 9.17) is 14.2 Å². The van der Waals surface area contributed by atoms with E-state index in [1.165, 1.54) is 0 Å². The highest BCUT2D eigenvalue weighted by Crippen LogP contribution is 2.01. The van der Waals surface area contributed by atoms with E-state index in [0.29, 0.717) is 12.2 Å². The van der Waals surface area contributed by atoms with Crippen molar-refractivity contribution in [1.82, 2.24) is 0 Å². The molecule has 0 rings (SSSR count). The zero-order valence-corrected chi connectivity index (χ0v) is 11.9. The van der Waals surface area contributed by atoms with Crippen molar-refractivity contribution in [2.75, 3.05) is 20.8 Å². The number of methoxy groups -OCH3 is 2. The van der Waals surface area contributed by atoms with Crippen LogP contribution >= 0.6 is 0 Å². The number of hydrogen-bond donors (Lipinski definition) is 0. The number of carbonyl (C=O) groups is 1. The average Bonchev–Trinajstić information content (AvgIpc) is 2.27. The second-order valence-electron chi connectivity index (χ2n) is 3.67. The highest BCUT2D eigenvalue weighted by atomic mass is 28.2. The van der Waals surface area contributed by atoms with E-state index in [9.17, 15) is 4.79 Å². The van der Waals surface area contributed by atoms with E-state index < -0.39 is 0 Å². The van der Waals surface area contributed by atoms with Crippen molar-refractivity contribution in [3.05, 3.63) is 12.2 Å². The Morgan fingerprint density at radius 3 is 2.44 bits per heavy atom. The fourth-order valence-corrected chi connectivity index (χ4v) is 2.66. The lowest BCUT2D eigenvalue weighted by molar-refractivity contribution is -0.139. The quantitative estimate of drug-likeness (QED) is 0.200. The Morgan fingerprint density at radius 2 is 1.94 bits per heavy atom. The molecule has 0 atom stereocenters. The van der Waals surface area contributed by atoms with Crippen molar-refractivity contribution >= 4 is 15.5 Å². The summed E-state index contributed by atoms with van der Waals surface area (Å²) in [5.41, 5.74) is 0.452. The van der Waals surface area contributed by atoms with Crippen molar-refractivity contribution in [2.45, 2.75) is 31.7 Å². The third kappa shape index (κ3) is 7.61. The molecule has 0 heterocycles. The Kier molecular flexibility index (Phi) is 9.17. The smallest absolute Gasteiger partial charge is 0.333 e. The predicted octanol–water partition coefficient (Wildman–Crippen LogP) is 1.05. The molecule has 0 aliphatic carbocycles. The number of esters is 1. The molecule has 0 aliphatic heterocycles. The first-order valence-corrected chi connectivity index (χ1v) is 7.31. The van der Waals surface area contributed by atoms with Crippen LogP contribution in [0, 0.1) is 0 Å². The van der Waals surface area contributed by atoms with Crippen LogP contribution in [0.15, 0.2) is 12.2 Å². The Balaban J connectivity index is 3.34. The minimum absolute atomic E-state index is 0.0120. The molecule has 16 heavy (non-hydrogen) atoms. The predicted molar refractivity (Wildman–Crippen MR) is 66.2 cm³/mol. The molecule has 0 aliphatic rings. The summed E-state index contributed by atoms with van der Waals surface area (Å²) < 4.78 is 15.2. The normalized spacial score (nSPS) is 11.2. The molecule has 5 heteroatoms. The van der Waals surface area contributed by atoms with Crippen LogP contribution in [0.4, 0.5) is 0 Å². The van der Waals surface area contributed by atoms with Crippen molar-refractivity contribution in [1.29, 1.82) is 0 Å². The lowest BCUT2D eigenvalue weighted by Gasteiger charge is -2.12. The second kappa shape index (κ2) is 9.56. The SMILES string of the molecule is C=C(C)C(=O)OCCCC[SiH2]C(OC)OC. The number of ether oxygens (including phenoxy) is 3. The molecule has 0 aromatic carbocycles. The Hall–Kier alpha value is -0.653. The molecular formula is C11H22O4Si. The molecule has 0 unspecified atom stereocenters. The lowest BCUT2D eigenvalue weighted by Crippen LogP contribution is -2.21. The summed E-state index contributed by atoms with van der Waals surface area (Å²) in [5, 5.41) is 0. The molecule has 0 saturated heterocycles. The van der Waals surface area contributed by atoms with Crippen molar-refractivity contribution < 1.29 is 19.0 Å². The molecule has 0 N–H and O–H groups in total. The van der Waals surface area contributed by atoms with Crippen LogP contribution in [0.3, 0.4) is 0 Å². The number of hydrogen-bond acceptors (Lipinski definition) is 4. The summed E-state index contributed by atoms with van der Waals surface area (Å²) in [5.74, 6) is -0.290. The first-order valence-electron chi connectivity index (χ1n) is 5.50. The van der Waals surface area contributed by atoms with Gasteiger partial charge in [0, 0.05) is 19.8 Å². The fourth-order valence-electron chi connectivity index (χ4n) is 1.21. The molecule has 4 nitrogen and oxygen atoms in total. The molecule has 0 amide bonds. The van der Waals surface area contributed by atoms with Crippen molar-refractivity contribution in [3.63, 3.8) is 0 Å². The van der Waals surface area contributed by atoms with Gasteiger partial charge in [0.25, 0.3) is 0 Å². The molecular weight excluding hydrogens is 224 g/mol. The third-order valence-electron chi connectivity index (χ3n) is 2.19. The average molecular weight is 246 g/mol. The van der Waals surface area contributed by atoms with Gasteiger partial charge in [-0.1, -0.05) is 19.0 Å². The zero-order chi connectivity index (χ0) is 12.4. The number of rotatable bonds is 9. The van der Waals surface area contributed by atoms with Gasteiger partial charge in [0.05, 0.1) is 16.1 Å². The second-order valence-corrected chi connectivity index (χ2v) is 5.62. The summed E-state index contributed by atoms with van der Waals surface area (Å²) in [6, 6.07) is 1.14. The fraction of sp³-hybridized carbons (Fsp3) is 0.727. The topological polar surface area (TPSA) is 44.8 Å². The zero-order valence-electron chi connectivity index (χ0n) is 10.5. The van der Waals surface area contributed by atoms with E-state index >= 15 is 0 Å². The van der Waals surface area contributed by atoms with E-state index in [2.05, 4.69) is 6.58 Å². The summed E-state index contributed by atoms with van der Waals surface area (Å²) in [7, 11) is 2.98. The van der Waals surface area contributed by atoms with Crippen LogP contribution in [0.25, 0.3) is 0 Å². The largest absolute Gasteiger partial charge is 0.462 e. The van der Waals surface area contributed by atoms with Gasteiger partial charge in [-0.2, -0.15) is 0 Å². The molecule has 94 valence electrons. The van der Waals surface area contributed by atoms with Gasteiger partial charge >= 0.3 is 5.97 Å². The monoisotopic (exact) mass is 246 g/mol. The molecule has 0 bridgehead atoms. The molecule has 0 radical (unpaired) electrons. The molecule has 0 saturated carbocycles. The van der Waals surface area contributed by atoms with Gasteiger partial charge < -0.3 is 14.2 Å². The van der Waals surface area contributed by atoms with Gasteiger partial charge in [0.2, 0.25) is 0 Å². The van der Waals surface area contributed by atoms with Gasteiger partial charge in [-0.25, -0.2) is 4.79 Å². The van der Waals surface area contributed by atoms with Gasteiger partial charge in [-0.05, 0) is 13.3 Å². The summed E-state index contributed by atoms with van der Waals surface area (Å²) in [4.78, 5) is 11.0. The lowest BCUT2D eigenvalue weighted by atomic mass is 10.3. The number of unbranched alkanes of at least 4 members (excludes halogenated alkanes) is 1. The van der Waals surface area contributed by atoms with E-state index in [1.54, 1.807) is 21.1 Å². The van der Waals surface area contributed by atoms with Crippen LogP contribution in [-0.2, 0) is 19.0 Å². The van der Waals surface area contributed by atoms with Crippen LogP contribution in [-0.4, -0.2) is 42.2 Å².